The van der Waals surface area contributed by atoms with Gasteiger partial charge in [0.15, 0.2) is 0 Å². The molecule has 1 rings (SSSR count). The van der Waals surface area contributed by atoms with E-state index in [1.165, 1.54) is 64.2 Å². The van der Waals surface area contributed by atoms with Crippen molar-refractivity contribution in [3.05, 3.63) is 23.9 Å². The SMILES string of the molecule is CCCCCCCCC/C=C/C1=C(OCCCCCC)O1. The molecule has 2 nitrogen and oxygen atoms in total. The van der Waals surface area contributed by atoms with Crippen LogP contribution in [0.2, 0.25) is 0 Å². The third kappa shape index (κ3) is 10.4. The monoisotopic (exact) mass is 294 g/mol. The van der Waals surface area contributed by atoms with E-state index in [0.29, 0.717) is 0 Å². The number of hydrogen-bond donors (Lipinski definition) is 0. The Bertz CT molecular complexity index is 305. The molecule has 122 valence electrons. The van der Waals surface area contributed by atoms with E-state index in [4.69, 9.17) is 9.47 Å². The fourth-order valence-electron chi connectivity index (χ4n) is 2.38. The van der Waals surface area contributed by atoms with E-state index in [0.717, 1.165) is 31.2 Å². The van der Waals surface area contributed by atoms with Gasteiger partial charge in [0.05, 0.1) is 6.61 Å². The van der Waals surface area contributed by atoms with Crippen LogP contribution in [0, 0.1) is 0 Å². The molecule has 21 heavy (non-hydrogen) atoms. The van der Waals surface area contributed by atoms with Crippen LogP contribution in [0.4, 0.5) is 0 Å². The molecule has 0 fully saturated rings. The summed E-state index contributed by atoms with van der Waals surface area (Å²) in [4.78, 5) is 0. The molecule has 0 radical (unpaired) electrons. The van der Waals surface area contributed by atoms with Crippen molar-refractivity contribution in [3.63, 3.8) is 0 Å². The normalized spacial score (nSPS) is 13.8. The zero-order valence-corrected chi connectivity index (χ0v) is 14.2. The summed E-state index contributed by atoms with van der Waals surface area (Å²) >= 11 is 0. The van der Waals surface area contributed by atoms with Gasteiger partial charge in [0.1, 0.15) is 0 Å². The Morgan fingerprint density at radius 1 is 0.810 bits per heavy atom. The Balaban J connectivity index is 1.88. The van der Waals surface area contributed by atoms with Gasteiger partial charge in [-0.25, -0.2) is 0 Å². The van der Waals surface area contributed by atoms with E-state index in [1.807, 2.05) is 0 Å². The maximum Gasteiger partial charge on any atom is 0.330 e. The van der Waals surface area contributed by atoms with Crippen LogP contribution >= 0.6 is 0 Å². The fourth-order valence-corrected chi connectivity index (χ4v) is 2.38. The van der Waals surface area contributed by atoms with Gasteiger partial charge in [-0.15, -0.1) is 0 Å². The molecule has 1 aliphatic heterocycles. The van der Waals surface area contributed by atoms with Gasteiger partial charge < -0.3 is 9.47 Å². The summed E-state index contributed by atoms with van der Waals surface area (Å²) in [5.41, 5.74) is 0. The standard InChI is InChI=1S/C19H34O2/c1-3-5-7-9-10-11-12-13-14-16-18-19(21-18)20-17-15-8-6-4-2/h14,16H,3-13,15,17H2,1-2H3/b16-14+. The molecule has 0 amide bonds. The van der Waals surface area contributed by atoms with Crippen LogP contribution in [0.25, 0.3) is 0 Å². The Kier molecular flexibility index (Phi) is 11.0. The maximum atomic E-state index is 5.55. The minimum absolute atomic E-state index is 0.752. The number of hydrogen-bond acceptors (Lipinski definition) is 2. The van der Waals surface area contributed by atoms with Crippen LogP contribution in [-0.4, -0.2) is 6.61 Å². The van der Waals surface area contributed by atoms with Crippen LogP contribution in [0.1, 0.15) is 90.9 Å². The molecule has 0 unspecified atom stereocenters. The van der Waals surface area contributed by atoms with Gasteiger partial charge in [0, 0.05) is 0 Å². The largest absolute Gasteiger partial charge is 0.462 e. The van der Waals surface area contributed by atoms with Crippen molar-refractivity contribution in [3.8, 4) is 0 Å². The molecule has 0 saturated heterocycles. The van der Waals surface area contributed by atoms with E-state index in [9.17, 15) is 0 Å². The molecular weight excluding hydrogens is 260 g/mol. The average molecular weight is 294 g/mol. The third-order valence-corrected chi connectivity index (χ3v) is 3.84. The van der Waals surface area contributed by atoms with E-state index in [2.05, 4.69) is 26.0 Å². The molecule has 0 aliphatic carbocycles. The van der Waals surface area contributed by atoms with Crippen molar-refractivity contribution in [1.82, 2.24) is 0 Å². The molecule has 2 heteroatoms. The molecule has 0 aromatic carbocycles. The first-order chi connectivity index (χ1) is 10.4. The zero-order valence-electron chi connectivity index (χ0n) is 14.2. The predicted molar refractivity (Wildman–Crippen MR) is 90.0 cm³/mol. The van der Waals surface area contributed by atoms with Gasteiger partial charge in [-0.3, -0.25) is 0 Å². The Labute approximate surface area is 131 Å². The third-order valence-electron chi connectivity index (χ3n) is 3.84. The van der Waals surface area contributed by atoms with Crippen LogP contribution in [-0.2, 0) is 9.47 Å². The van der Waals surface area contributed by atoms with Gasteiger partial charge >= 0.3 is 5.95 Å². The van der Waals surface area contributed by atoms with Crippen molar-refractivity contribution in [2.24, 2.45) is 0 Å². The molecule has 0 spiro atoms. The summed E-state index contributed by atoms with van der Waals surface area (Å²) in [5.74, 6) is 1.69. The minimum atomic E-state index is 0.752. The van der Waals surface area contributed by atoms with Crippen LogP contribution in [0.3, 0.4) is 0 Å². The van der Waals surface area contributed by atoms with Crippen molar-refractivity contribution >= 4 is 0 Å². The average Bonchev–Trinajstić information content (AvgIpc) is 3.24. The highest BCUT2D eigenvalue weighted by Gasteiger charge is 2.24. The quantitative estimate of drug-likeness (QED) is 0.322. The van der Waals surface area contributed by atoms with Gasteiger partial charge in [0.25, 0.3) is 0 Å². The molecule has 1 aliphatic rings. The minimum Gasteiger partial charge on any atom is -0.462 e. The lowest BCUT2D eigenvalue weighted by atomic mass is 10.1. The Morgan fingerprint density at radius 2 is 1.43 bits per heavy atom. The summed E-state index contributed by atoms with van der Waals surface area (Å²) in [6.07, 6.45) is 20.0. The second kappa shape index (κ2) is 12.8. The summed E-state index contributed by atoms with van der Waals surface area (Å²) in [6, 6.07) is 0. The molecule has 0 saturated carbocycles. The highest BCUT2D eigenvalue weighted by Crippen LogP contribution is 2.28. The van der Waals surface area contributed by atoms with Crippen molar-refractivity contribution in [1.29, 1.82) is 0 Å². The molecule has 0 N–H and O–H groups in total. The van der Waals surface area contributed by atoms with Crippen LogP contribution in [0.5, 0.6) is 0 Å². The predicted octanol–water partition coefficient (Wildman–Crippen LogP) is 6.48. The van der Waals surface area contributed by atoms with E-state index in [-0.39, 0.29) is 0 Å². The number of unbranched alkanes of at least 4 members (excludes halogenated alkanes) is 10. The van der Waals surface area contributed by atoms with Crippen molar-refractivity contribution in [2.75, 3.05) is 6.61 Å². The highest BCUT2D eigenvalue weighted by atomic mass is 16.7. The van der Waals surface area contributed by atoms with Gasteiger partial charge in [-0.2, -0.15) is 0 Å². The molecule has 0 aromatic rings. The van der Waals surface area contributed by atoms with E-state index in [1.54, 1.807) is 0 Å². The summed E-state index contributed by atoms with van der Waals surface area (Å²) in [6.45, 7) is 5.29. The lowest BCUT2D eigenvalue weighted by molar-refractivity contribution is 0.149. The molecule has 0 aromatic heterocycles. The second-order valence-electron chi connectivity index (χ2n) is 5.98. The van der Waals surface area contributed by atoms with Gasteiger partial charge in [-0.05, 0) is 25.3 Å². The van der Waals surface area contributed by atoms with E-state index >= 15 is 0 Å². The first-order valence-corrected chi connectivity index (χ1v) is 9.10. The lowest BCUT2D eigenvalue weighted by Crippen LogP contribution is -1.88. The molecule has 0 bridgehead atoms. The van der Waals surface area contributed by atoms with Gasteiger partial charge in [-0.1, -0.05) is 77.7 Å². The van der Waals surface area contributed by atoms with Crippen molar-refractivity contribution < 1.29 is 9.47 Å². The second-order valence-corrected chi connectivity index (χ2v) is 5.98. The first-order valence-electron chi connectivity index (χ1n) is 9.10. The summed E-state index contributed by atoms with van der Waals surface area (Å²) < 4.78 is 10.9. The summed E-state index contributed by atoms with van der Waals surface area (Å²) in [5, 5.41) is 0. The zero-order chi connectivity index (χ0) is 15.2. The Hall–Kier alpha value is -0.920. The maximum absolute atomic E-state index is 5.55. The molecule has 0 atom stereocenters. The summed E-state index contributed by atoms with van der Waals surface area (Å²) in [7, 11) is 0. The van der Waals surface area contributed by atoms with E-state index < -0.39 is 0 Å². The Morgan fingerprint density at radius 3 is 2.14 bits per heavy atom. The fraction of sp³-hybridized carbons (Fsp3) is 0.789. The molecular formula is C19H34O2. The molecule has 1 heterocycles. The number of ether oxygens (including phenoxy) is 2. The lowest BCUT2D eigenvalue weighted by Gasteiger charge is -1.98. The highest BCUT2D eigenvalue weighted by molar-refractivity contribution is 5.24. The topological polar surface area (TPSA) is 21.8 Å². The smallest absolute Gasteiger partial charge is 0.330 e. The number of rotatable bonds is 15. The number of allylic oxidation sites excluding steroid dienone is 2. The van der Waals surface area contributed by atoms with Crippen LogP contribution in [0.15, 0.2) is 23.9 Å². The van der Waals surface area contributed by atoms with Gasteiger partial charge in [0.2, 0.25) is 5.76 Å². The van der Waals surface area contributed by atoms with Crippen LogP contribution < -0.4 is 0 Å². The first kappa shape index (κ1) is 18.1. The van der Waals surface area contributed by atoms with Crippen molar-refractivity contribution in [2.45, 2.75) is 90.9 Å².